The number of carbonyl (C=O) groups excluding carboxylic acids is 2. The highest BCUT2D eigenvalue weighted by molar-refractivity contribution is 5.95. The van der Waals surface area contributed by atoms with Gasteiger partial charge >= 0.3 is 11.9 Å². The molecule has 0 aliphatic rings. The summed E-state index contributed by atoms with van der Waals surface area (Å²) in [5.41, 5.74) is 3.69. The van der Waals surface area contributed by atoms with Gasteiger partial charge < -0.3 is 13.9 Å². The molecular formula is C29H26O5. The first kappa shape index (κ1) is 23.1. The van der Waals surface area contributed by atoms with Gasteiger partial charge in [-0.15, -0.1) is 0 Å². The lowest BCUT2D eigenvalue weighted by Crippen LogP contribution is -2.28. The molecule has 172 valence electrons. The summed E-state index contributed by atoms with van der Waals surface area (Å²) >= 11 is 0. The number of benzene rings is 3. The standard InChI is InChI=1S/C29H26O5/c1-32-28(30)25(29(31)33-2)18-23(20-12-6-3-7-13-20)24-19-26(21-14-8-4-9-15-21)34-27(24)22-16-10-5-11-17-22/h3-17,19,23,25H,18H2,1-2H3. The van der Waals surface area contributed by atoms with Crippen LogP contribution in [-0.4, -0.2) is 26.2 Å². The second-order valence-electron chi connectivity index (χ2n) is 7.93. The van der Waals surface area contributed by atoms with Crippen LogP contribution in [-0.2, 0) is 19.1 Å². The third kappa shape index (κ3) is 4.94. The smallest absolute Gasteiger partial charge is 0.320 e. The SMILES string of the molecule is COC(=O)C(CC(c1ccccc1)c1cc(-c2ccccc2)oc1-c1ccccc1)C(=O)OC. The van der Waals surface area contributed by atoms with Crippen molar-refractivity contribution in [2.45, 2.75) is 12.3 Å². The molecule has 0 fully saturated rings. The summed E-state index contributed by atoms with van der Waals surface area (Å²) in [4.78, 5) is 25.1. The van der Waals surface area contributed by atoms with Gasteiger partial charge in [0.1, 0.15) is 11.5 Å². The molecule has 0 spiro atoms. The van der Waals surface area contributed by atoms with E-state index in [1.807, 2.05) is 97.1 Å². The number of methoxy groups -OCH3 is 2. The fourth-order valence-corrected chi connectivity index (χ4v) is 4.16. The lowest BCUT2D eigenvalue weighted by atomic mass is 9.82. The monoisotopic (exact) mass is 454 g/mol. The van der Waals surface area contributed by atoms with E-state index >= 15 is 0 Å². The molecule has 0 amide bonds. The molecule has 0 aliphatic heterocycles. The van der Waals surface area contributed by atoms with E-state index in [1.54, 1.807) is 0 Å². The fourth-order valence-electron chi connectivity index (χ4n) is 4.16. The third-order valence-corrected chi connectivity index (χ3v) is 5.88. The maximum Gasteiger partial charge on any atom is 0.320 e. The summed E-state index contributed by atoms with van der Waals surface area (Å²) in [5, 5.41) is 0. The van der Waals surface area contributed by atoms with Gasteiger partial charge in [0.15, 0.2) is 5.92 Å². The van der Waals surface area contributed by atoms with E-state index in [0.29, 0.717) is 11.5 Å². The van der Waals surface area contributed by atoms with Crippen molar-refractivity contribution in [2.24, 2.45) is 5.92 Å². The van der Waals surface area contributed by atoms with E-state index in [0.717, 1.165) is 22.3 Å². The molecule has 0 radical (unpaired) electrons. The van der Waals surface area contributed by atoms with Crippen LogP contribution in [0, 0.1) is 5.92 Å². The molecule has 3 aromatic carbocycles. The number of hydrogen-bond acceptors (Lipinski definition) is 5. The summed E-state index contributed by atoms with van der Waals surface area (Å²) in [7, 11) is 2.55. The van der Waals surface area contributed by atoms with Crippen LogP contribution in [0.25, 0.3) is 22.6 Å². The highest BCUT2D eigenvalue weighted by Crippen LogP contribution is 2.42. The minimum absolute atomic E-state index is 0.178. The van der Waals surface area contributed by atoms with Gasteiger partial charge in [0.25, 0.3) is 0 Å². The Labute approximate surface area is 199 Å². The van der Waals surface area contributed by atoms with Gasteiger partial charge in [-0.2, -0.15) is 0 Å². The van der Waals surface area contributed by atoms with Crippen molar-refractivity contribution in [1.29, 1.82) is 0 Å². The molecule has 1 heterocycles. The fraction of sp³-hybridized carbons (Fsp3) is 0.172. The Hall–Kier alpha value is -4.12. The molecule has 0 aliphatic carbocycles. The molecule has 0 saturated heterocycles. The predicted octanol–water partition coefficient (Wildman–Crippen LogP) is 6.10. The van der Waals surface area contributed by atoms with Gasteiger partial charge in [-0.3, -0.25) is 9.59 Å². The topological polar surface area (TPSA) is 65.7 Å². The molecule has 4 rings (SSSR count). The van der Waals surface area contributed by atoms with Crippen molar-refractivity contribution in [2.75, 3.05) is 14.2 Å². The minimum atomic E-state index is -1.07. The predicted molar refractivity (Wildman–Crippen MR) is 130 cm³/mol. The number of rotatable bonds is 8. The van der Waals surface area contributed by atoms with Crippen molar-refractivity contribution in [3.05, 3.63) is 108 Å². The average Bonchev–Trinajstić information content (AvgIpc) is 3.35. The normalized spacial score (nSPS) is 11.7. The van der Waals surface area contributed by atoms with Crippen molar-refractivity contribution < 1.29 is 23.5 Å². The third-order valence-electron chi connectivity index (χ3n) is 5.88. The van der Waals surface area contributed by atoms with Crippen molar-refractivity contribution >= 4 is 11.9 Å². The Kier molecular flexibility index (Phi) is 7.23. The lowest BCUT2D eigenvalue weighted by molar-refractivity contribution is -0.159. The van der Waals surface area contributed by atoms with Gasteiger partial charge in [-0.05, 0) is 18.1 Å². The molecule has 5 heteroatoms. The Balaban J connectivity index is 1.89. The van der Waals surface area contributed by atoms with Crippen LogP contribution in [0.15, 0.2) is 101 Å². The Morgan fingerprint density at radius 2 is 1.24 bits per heavy atom. The first-order chi connectivity index (χ1) is 16.6. The molecule has 0 N–H and O–H groups in total. The summed E-state index contributed by atoms with van der Waals surface area (Å²) < 4.78 is 16.3. The van der Waals surface area contributed by atoms with Gasteiger partial charge in [0.2, 0.25) is 0 Å². The molecule has 1 unspecified atom stereocenters. The molecule has 4 aromatic rings. The molecule has 1 atom stereocenters. The number of carbonyl (C=O) groups is 2. The lowest BCUT2D eigenvalue weighted by Gasteiger charge is -2.21. The second-order valence-corrected chi connectivity index (χ2v) is 7.93. The van der Waals surface area contributed by atoms with Crippen LogP contribution in [0.2, 0.25) is 0 Å². The summed E-state index contributed by atoms with van der Waals surface area (Å²) in [6.07, 6.45) is 0.178. The quantitative estimate of drug-likeness (QED) is 0.238. The molecule has 34 heavy (non-hydrogen) atoms. The zero-order valence-electron chi connectivity index (χ0n) is 19.1. The second kappa shape index (κ2) is 10.7. The van der Waals surface area contributed by atoms with Crippen LogP contribution in [0.3, 0.4) is 0 Å². The maximum absolute atomic E-state index is 12.5. The van der Waals surface area contributed by atoms with Gasteiger partial charge in [-0.1, -0.05) is 91.0 Å². The van der Waals surface area contributed by atoms with Crippen LogP contribution in [0.4, 0.5) is 0 Å². The largest absolute Gasteiger partial charge is 0.468 e. The van der Waals surface area contributed by atoms with E-state index in [-0.39, 0.29) is 12.3 Å². The van der Waals surface area contributed by atoms with E-state index in [2.05, 4.69) is 0 Å². The highest BCUT2D eigenvalue weighted by Gasteiger charge is 2.35. The van der Waals surface area contributed by atoms with Crippen molar-refractivity contribution in [3.8, 4) is 22.6 Å². The Morgan fingerprint density at radius 1 is 0.735 bits per heavy atom. The number of ether oxygens (including phenoxy) is 2. The van der Waals surface area contributed by atoms with E-state index in [1.165, 1.54) is 14.2 Å². The first-order valence-corrected chi connectivity index (χ1v) is 11.1. The zero-order valence-corrected chi connectivity index (χ0v) is 19.1. The van der Waals surface area contributed by atoms with Crippen LogP contribution < -0.4 is 0 Å². The first-order valence-electron chi connectivity index (χ1n) is 11.1. The number of furan rings is 1. The van der Waals surface area contributed by atoms with Crippen molar-refractivity contribution in [3.63, 3.8) is 0 Å². The highest BCUT2D eigenvalue weighted by atomic mass is 16.5. The molecule has 0 saturated carbocycles. The number of hydrogen-bond donors (Lipinski definition) is 0. The van der Waals surface area contributed by atoms with Crippen LogP contribution in [0.5, 0.6) is 0 Å². The van der Waals surface area contributed by atoms with E-state index < -0.39 is 17.9 Å². The Morgan fingerprint density at radius 3 is 1.76 bits per heavy atom. The van der Waals surface area contributed by atoms with E-state index in [9.17, 15) is 9.59 Å². The molecule has 0 bridgehead atoms. The van der Waals surface area contributed by atoms with Crippen LogP contribution >= 0.6 is 0 Å². The van der Waals surface area contributed by atoms with Gasteiger partial charge in [0.05, 0.1) is 14.2 Å². The van der Waals surface area contributed by atoms with Crippen molar-refractivity contribution in [1.82, 2.24) is 0 Å². The van der Waals surface area contributed by atoms with E-state index in [4.69, 9.17) is 13.9 Å². The molecule has 5 nitrogen and oxygen atoms in total. The number of esters is 2. The molecular weight excluding hydrogens is 428 g/mol. The molecule has 1 aromatic heterocycles. The van der Waals surface area contributed by atoms with Gasteiger partial charge in [0, 0.05) is 22.6 Å². The summed E-state index contributed by atoms with van der Waals surface area (Å²) in [6.45, 7) is 0. The van der Waals surface area contributed by atoms with Gasteiger partial charge in [-0.25, -0.2) is 0 Å². The Bertz CT molecular complexity index is 1210. The summed E-state index contributed by atoms with van der Waals surface area (Å²) in [6, 6.07) is 31.4. The minimum Gasteiger partial charge on any atom is -0.468 e. The van der Waals surface area contributed by atoms with Crippen LogP contribution in [0.1, 0.15) is 23.5 Å². The summed E-state index contributed by atoms with van der Waals surface area (Å²) in [5.74, 6) is -1.23. The maximum atomic E-state index is 12.5. The average molecular weight is 455 g/mol. The zero-order chi connectivity index (χ0) is 23.9.